The quantitative estimate of drug-likeness (QED) is 0.736. The first kappa shape index (κ1) is 21.1. The molecule has 146 valence electrons. The largest absolute Gasteiger partial charge is 0.418 e. The van der Waals surface area contributed by atoms with E-state index in [9.17, 15) is 23.1 Å². The number of rotatable bonds is 4. The van der Waals surface area contributed by atoms with Crippen molar-refractivity contribution in [3.63, 3.8) is 0 Å². The number of pyridine rings is 1. The maximum atomic E-state index is 13.1. The first-order valence-corrected chi connectivity index (χ1v) is 8.12. The van der Waals surface area contributed by atoms with E-state index < -0.39 is 23.2 Å². The number of nitrogens with zero attached hydrogens (tertiary/aromatic N) is 1. The lowest BCUT2D eigenvalue weighted by Gasteiger charge is -2.21. The van der Waals surface area contributed by atoms with E-state index in [4.69, 9.17) is 0 Å². The molecule has 1 amide bonds. The maximum absolute atomic E-state index is 13.1. The van der Waals surface area contributed by atoms with Crippen LogP contribution in [0.4, 0.5) is 13.2 Å². The second-order valence-electron chi connectivity index (χ2n) is 6.31. The zero-order valence-corrected chi connectivity index (χ0v) is 15.0. The van der Waals surface area contributed by atoms with Crippen LogP contribution in [0.5, 0.6) is 0 Å². The zero-order valence-electron chi connectivity index (χ0n) is 14.2. The average Bonchev–Trinajstić information content (AvgIpc) is 3.06. The van der Waals surface area contributed by atoms with E-state index in [2.05, 4.69) is 15.6 Å². The molecule has 5 nitrogen and oxygen atoms in total. The Labute approximate surface area is 160 Å². The molecular weight excluding hydrogens is 383 g/mol. The van der Waals surface area contributed by atoms with Gasteiger partial charge >= 0.3 is 6.18 Å². The molecule has 0 spiro atoms. The number of amides is 1. The molecule has 3 rings (SSSR count). The fourth-order valence-corrected chi connectivity index (χ4v) is 2.87. The number of aliphatic hydroxyl groups is 1. The standard InChI is InChI=1S/C18H18F3N3O2.ClH/c19-18(20,21)14-2-1-8-23-15(14)12-3-5-13(6-4-12)16(25)24-11-17(26)7-9-22-10-17;/h1-6,8,22,26H,7,9-11H2,(H,24,25);1H. The summed E-state index contributed by atoms with van der Waals surface area (Å²) in [6, 6.07) is 7.94. The summed E-state index contributed by atoms with van der Waals surface area (Å²) in [6.45, 7) is 1.21. The third-order valence-electron chi connectivity index (χ3n) is 4.33. The Morgan fingerprint density at radius 3 is 2.56 bits per heavy atom. The Hall–Kier alpha value is -2.16. The summed E-state index contributed by atoms with van der Waals surface area (Å²) in [4.78, 5) is 16.0. The second kappa shape index (κ2) is 8.24. The van der Waals surface area contributed by atoms with E-state index in [1.54, 1.807) is 0 Å². The average molecular weight is 402 g/mol. The van der Waals surface area contributed by atoms with Crippen molar-refractivity contribution in [2.75, 3.05) is 19.6 Å². The van der Waals surface area contributed by atoms with Crippen molar-refractivity contribution in [2.24, 2.45) is 0 Å². The molecule has 1 aromatic heterocycles. The van der Waals surface area contributed by atoms with E-state index in [-0.39, 0.29) is 30.2 Å². The predicted molar refractivity (Wildman–Crippen MR) is 96.7 cm³/mol. The van der Waals surface area contributed by atoms with Crippen LogP contribution >= 0.6 is 12.4 Å². The van der Waals surface area contributed by atoms with E-state index >= 15 is 0 Å². The number of alkyl halides is 3. The number of hydrogen-bond donors (Lipinski definition) is 3. The fraction of sp³-hybridized carbons (Fsp3) is 0.333. The van der Waals surface area contributed by atoms with Crippen molar-refractivity contribution in [3.05, 3.63) is 53.7 Å². The molecule has 0 saturated carbocycles. The monoisotopic (exact) mass is 401 g/mol. The lowest BCUT2D eigenvalue weighted by molar-refractivity contribution is -0.137. The lowest BCUT2D eigenvalue weighted by Crippen LogP contribution is -2.44. The third-order valence-corrected chi connectivity index (χ3v) is 4.33. The Morgan fingerprint density at radius 2 is 1.96 bits per heavy atom. The van der Waals surface area contributed by atoms with Crippen LogP contribution in [0.1, 0.15) is 22.3 Å². The smallest absolute Gasteiger partial charge is 0.387 e. The van der Waals surface area contributed by atoms with E-state index in [0.717, 1.165) is 6.07 Å². The summed E-state index contributed by atoms with van der Waals surface area (Å²) in [5.74, 6) is -0.394. The van der Waals surface area contributed by atoms with Gasteiger partial charge in [0, 0.05) is 30.4 Å². The third kappa shape index (κ3) is 4.97. The molecular formula is C18H19ClF3N3O2. The summed E-state index contributed by atoms with van der Waals surface area (Å²) in [6.07, 6.45) is -2.67. The normalized spacial score (nSPS) is 19.4. The highest BCUT2D eigenvalue weighted by atomic mass is 35.5. The van der Waals surface area contributed by atoms with Gasteiger partial charge in [0.2, 0.25) is 0 Å². The van der Waals surface area contributed by atoms with Crippen molar-refractivity contribution >= 4 is 18.3 Å². The van der Waals surface area contributed by atoms with Gasteiger partial charge in [-0.25, -0.2) is 0 Å². The summed E-state index contributed by atoms with van der Waals surface area (Å²) in [5.41, 5.74) is -1.40. The molecule has 1 atom stereocenters. The van der Waals surface area contributed by atoms with E-state index in [1.165, 1.54) is 36.5 Å². The van der Waals surface area contributed by atoms with Crippen molar-refractivity contribution in [1.29, 1.82) is 0 Å². The van der Waals surface area contributed by atoms with Crippen LogP contribution in [0.25, 0.3) is 11.3 Å². The topological polar surface area (TPSA) is 74.2 Å². The minimum Gasteiger partial charge on any atom is -0.387 e. The van der Waals surface area contributed by atoms with Crippen LogP contribution in [-0.4, -0.2) is 41.2 Å². The van der Waals surface area contributed by atoms with Crippen LogP contribution in [0.15, 0.2) is 42.6 Å². The van der Waals surface area contributed by atoms with E-state index in [1.807, 2.05) is 0 Å². The predicted octanol–water partition coefficient (Wildman–Crippen LogP) is 2.64. The Balaban J connectivity index is 0.00000261. The highest BCUT2D eigenvalue weighted by molar-refractivity contribution is 5.94. The Bertz CT molecular complexity index is 791. The van der Waals surface area contributed by atoms with Gasteiger partial charge in [0.25, 0.3) is 5.91 Å². The molecule has 9 heteroatoms. The molecule has 1 aliphatic rings. The number of hydrogen-bond acceptors (Lipinski definition) is 4. The van der Waals surface area contributed by atoms with E-state index in [0.29, 0.717) is 25.1 Å². The molecule has 0 aliphatic carbocycles. The van der Waals surface area contributed by atoms with Gasteiger partial charge in [-0.15, -0.1) is 12.4 Å². The van der Waals surface area contributed by atoms with Crippen molar-refractivity contribution in [3.8, 4) is 11.3 Å². The SMILES string of the molecule is Cl.O=C(NCC1(O)CCNC1)c1ccc(-c2ncccc2C(F)(F)F)cc1. The molecule has 2 aromatic rings. The van der Waals surface area contributed by atoms with Crippen LogP contribution in [0.2, 0.25) is 0 Å². The van der Waals surface area contributed by atoms with Crippen LogP contribution in [0, 0.1) is 0 Å². The first-order chi connectivity index (χ1) is 12.3. The summed E-state index contributed by atoms with van der Waals surface area (Å²) in [5, 5.41) is 15.9. The van der Waals surface area contributed by atoms with Gasteiger partial charge in [-0.05, 0) is 37.2 Å². The number of aromatic nitrogens is 1. The number of halogens is 4. The maximum Gasteiger partial charge on any atom is 0.418 e. The molecule has 0 bridgehead atoms. The number of carbonyl (C=O) groups excluding carboxylic acids is 1. The minimum absolute atomic E-state index is 0. The van der Waals surface area contributed by atoms with Crippen LogP contribution in [-0.2, 0) is 6.18 Å². The van der Waals surface area contributed by atoms with Gasteiger partial charge in [-0.3, -0.25) is 9.78 Å². The molecule has 1 saturated heterocycles. The van der Waals surface area contributed by atoms with Gasteiger partial charge < -0.3 is 15.7 Å². The Morgan fingerprint density at radius 1 is 1.26 bits per heavy atom. The second-order valence-corrected chi connectivity index (χ2v) is 6.31. The zero-order chi connectivity index (χ0) is 18.8. The summed E-state index contributed by atoms with van der Waals surface area (Å²) >= 11 is 0. The minimum atomic E-state index is -4.51. The number of carbonyl (C=O) groups is 1. The summed E-state index contributed by atoms with van der Waals surface area (Å²) < 4.78 is 39.3. The van der Waals surface area contributed by atoms with Gasteiger partial charge in [0.15, 0.2) is 0 Å². The van der Waals surface area contributed by atoms with Gasteiger partial charge in [-0.1, -0.05) is 12.1 Å². The number of benzene rings is 1. The molecule has 1 fully saturated rings. The molecule has 1 unspecified atom stereocenters. The van der Waals surface area contributed by atoms with Crippen molar-refractivity contribution in [2.45, 2.75) is 18.2 Å². The lowest BCUT2D eigenvalue weighted by atomic mass is 10.0. The van der Waals surface area contributed by atoms with Gasteiger partial charge in [0.05, 0.1) is 16.9 Å². The molecule has 1 aromatic carbocycles. The number of nitrogens with one attached hydrogen (secondary N) is 2. The number of β-amino-alcohol motifs (C(OH)–C–C–N with tert-alkyl or cyclic N) is 1. The van der Waals surface area contributed by atoms with Crippen molar-refractivity contribution in [1.82, 2.24) is 15.6 Å². The van der Waals surface area contributed by atoms with Gasteiger partial charge in [-0.2, -0.15) is 13.2 Å². The van der Waals surface area contributed by atoms with Crippen molar-refractivity contribution < 1.29 is 23.1 Å². The molecule has 2 heterocycles. The Kier molecular flexibility index (Phi) is 6.46. The molecule has 1 aliphatic heterocycles. The summed E-state index contributed by atoms with van der Waals surface area (Å²) in [7, 11) is 0. The van der Waals surface area contributed by atoms with Crippen LogP contribution < -0.4 is 10.6 Å². The van der Waals surface area contributed by atoms with Crippen LogP contribution in [0.3, 0.4) is 0 Å². The molecule has 0 radical (unpaired) electrons. The first-order valence-electron chi connectivity index (χ1n) is 8.12. The molecule has 3 N–H and O–H groups in total. The highest BCUT2D eigenvalue weighted by Crippen LogP contribution is 2.35. The fourth-order valence-electron chi connectivity index (χ4n) is 2.87. The molecule has 27 heavy (non-hydrogen) atoms. The highest BCUT2D eigenvalue weighted by Gasteiger charge is 2.34. The van der Waals surface area contributed by atoms with Gasteiger partial charge in [0.1, 0.15) is 0 Å².